The molecule has 0 saturated heterocycles. The lowest BCUT2D eigenvalue weighted by atomic mass is 10.1. The number of rotatable bonds is 2. The maximum absolute atomic E-state index is 13.0. The van der Waals surface area contributed by atoms with Crippen LogP contribution >= 0.6 is 11.3 Å². The van der Waals surface area contributed by atoms with Crippen molar-refractivity contribution >= 4 is 16.3 Å². The van der Waals surface area contributed by atoms with E-state index in [0.29, 0.717) is 10.7 Å². The zero-order chi connectivity index (χ0) is 14.3. The van der Waals surface area contributed by atoms with Gasteiger partial charge in [-0.05, 0) is 12.5 Å². The molecule has 0 unspecified atom stereocenters. The lowest BCUT2D eigenvalue weighted by Crippen LogP contribution is -2.06. The smallest absolute Gasteiger partial charge is 0.217 e. The van der Waals surface area contributed by atoms with Crippen molar-refractivity contribution in [3.63, 3.8) is 0 Å². The van der Waals surface area contributed by atoms with Crippen LogP contribution in [0.2, 0.25) is 0 Å². The van der Waals surface area contributed by atoms with E-state index in [9.17, 15) is 13.2 Å². The normalized spacial score (nSPS) is 12.2. The largest absolute Gasteiger partial charge is 0.417 e. The van der Waals surface area contributed by atoms with Crippen molar-refractivity contribution in [3.8, 4) is 11.3 Å². The van der Waals surface area contributed by atoms with Gasteiger partial charge in [0.15, 0.2) is 0 Å². The van der Waals surface area contributed by atoms with Crippen molar-refractivity contribution in [2.75, 3.05) is 0 Å². The first-order valence-electron chi connectivity index (χ1n) is 6.00. The Morgan fingerprint density at radius 3 is 2.65 bits per heavy atom. The quantitative estimate of drug-likeness (QED) is 0.714. The molecule has 0 radical (unpaired) electrons. The molecule has 20 heavy (non-hydrogen) atoms. The molecule has 1 aromatic carbocycles. The van der Waals surface area contributed by atoms with Crippen LogP contribution in [0.4, 0.5) is 13.2 Å². The molecule has 0 aliphatic rings. The van der Waals surface area contributed by atoms with Crippen LogP contribution in [0.5, 0.6) is 0 Å². The number of alkyl halides is 3. The number of hydrogen-bond acceptors (Lipinski definition) is 3. The minimum Gasteiger partial charge on any atom is -0.217 e. The molecule has 0 aliphatic carbocycles. The number of halogens is 3. The van der Waals surface area contributed by atoms with Crippen LogP contribution in [0.3, 0.4) is 0 Å². The summed E-state index contributed by atoms with van der Waals surface area (Å²) in [7, 11) is 0. The first kappa shape index (κ1) is 13.1. The Kier molecular flexibility index (Phi) is 3.01. The summed E-state index contributed by atoms with van der Waals surface area (Å²) in [6, 6.07) is 5.44. The van der Waals surface area contributed by atoms with Gasteiger partial charge in [-0.3, -0.25) is 0 Å². The van der Waals surface area contributed by atoms with E-state index in [-0.39, 0.29) is 5.56 Å². The second kappa shape index (κ2) is 4.59. The molecule has 0 fully saturated rings. The van der Waals surface area contributed by atoms with E-state index in [1.165, 1.54) is 34.2 Å². The fourth-order valence-electron chi connectivity index (χ4n) is 1.97. The van der Waals surface area contributed by atoms with E-state index in [2.05, 4.69) is 10.1 Å². The van der Waals surface area contributed by atoms with Gasteiger partial charge in [0.1, 0.15) is 5.01 Å². The summed E-state index contributed by atoms with van der Waals surface area (Å²) < 4.78 is 40.5. The summed E-state index contributed by atoms with van der Waals surface area (Å²) >= 11 is 1.39. The molecule has 0 aliphatic heterocycles. The molecule has 0 saturated carbocycles. The van der Waals surface area contributed by atoms with Gasteiger partial charge in [0.05, 0.1) is 17.5 Å². The number of aryl methyl sites for hydroxylation is 1. The van der Waals surface area contributed by atoms with Gasteiger partial charge in [0, 0.05) is 5.56 Å². The van der Waals surface area contributed by atoms with Crippen LogP contribution in [0.1, 0.15) is 17.5 Å². The zero-order valence-corrected chi connectivity index (χ0v) is 11.3. The summed E-state index contributed by atoms with van der Waals surface area (Å²) in [6.45, 7) is 1.97. The van der Waals surface area contributed by atoms with Gasteiger partial charge in [0.2, 0.25) is 4.96 Å². The van der Waals surface area contributed by atoms with Gasteiger partial charge in [-0.15, -0.1) is 0 Å². The maximum atomic E-state index is 13.0. The lowest BCUT2D eigenvalue weighted by Gasteiger charge is -2.10. The fourth-order valence-corrected chi connectivity index (χ4v) is 2.78. The van der Waals surface area contributed by atoms with E-state index >= 15 is 0 Å². The van der Waals surface area contributed by atoms with Crippen LogP contribution in [0, 0.1) is 0 Å². The molecule has 0 amide bonds. The Morgan fingerprint density at radius 1 is 1.25 bits per heavy atom. The SMILES string of the molecule is CCc1nn2cc(-c3ccccc3C(F)(F)F)nc2s1. The number of benzene rings is 1. The monoisotopic (exact) mass is 297 g/mol. The van der Waals surface area contributed by atoms with Crippen LogP contribution < -0.4 is 0 Å². The van der Waals surface area contributed by atoms with E-state index in [4.69, 9.17) is 0 Å². The summed E-state index contributed by atoms with van der Waals surface area (Å²) in [6.07, 6.45) is -2.08. The maximum Gasteiger partial charge on any atom is 0.417 e. The van der Waals surface area contributed by atoms with E-state index < -0.39 is 11.7 Å². The average Bonchev–Trinajstić information content (AvgIpc) is 2.95. The van der Waals surface area contributed by atoms with Crippen molar-refractivity contribution in [1.29, 1.82) is 0 Å². The van der Waals surface area contributed by atoms with Crippen LogP contribution in [-0.2, 0) is 12.6 Å². The van der Waals surface area contributed by atoms with Crippen LogP contribution in [0.25, 0.3) is 16.2 Å². The van der Waals surface area contributed by atoms with Crippen LogP contribution in [-0.4, -0.2) is 14.6 Å². The molecular weight excluding hydrogens is 287 g/mol. The Labute approximate surface area is 116 Å². The summed E-state index contributed by atoms with van der Waals surface area (Å²) in [4.78, 5) is 4.85. The van der Waals surface area contributed by atoms with Gasteiger partial charge >= 0.3 is 6.18 Å². The van der Waals surface area contributed by atoms with Gasteiger partial charge < -0.3 is 0 Å². The molecule has 2 aromatic heterocycles. The number of imidazole rings is 1. The number of fused-ring (bicyclic) bond motifs is 1. The van der Waals surface area contributed by atoms with Crippen molar-refractivity contribution in [2.24, 2.45) is 0 Å². The molecule has 0 atom stereocenters. The van der Waals surface area contributed by atoms with Gasteiger partial charge in [0.25, 0.3) is 0 Å². The lowest BCUT2D eigenvalue weighted by molar-refractivity contribution is -0.137. The van der Waals surface area contributed by atoms with Gasteiger partial charge in [-0.25, -0.2) is 9.50 Å². The van der Waals surface area contributed by atoms with E-state index in [1.54, 1.807) is 6.07 Å². The third kappa shape index (κ3) is 2.18. The van der Waals surface area contributed by atoms with Crippen molar-refractivity contribution in [1.82, 2.24) is 14.6 Å². The van der Waals surface area contributed by atoms with E-state index in [1.807, 2.05) is 6.92 Å². The van der Waals surface area contributed by atoms with Crippen molar-refractivity contribution in [3.05, 3.63) is 41.0 Å². The summed E-state index contributed by atoms with van der Waals surface area (Å²) in [5.41, 5.74) is -0.309. The second-order valence-corrected chi connectivity index (χ2v) is 5.29. The zero-order valence-electron chi connectivity index (χ0n) is 10.5. The Morgan fingerprint density at radius 2 is 2.00 bits per heavy atom. The molecular formula is C13H10F3N3S. The predicted molar refractivity (Wildman–Crippen MR) is 70.7 cm³/mol. The number of aromatic nitrogens is 3. The minimum absolute atomic E-state index is 0.0794. The summed E-state index contributed by atoms with van der Waals surface area (Å²) in [5.74, 6) is 0. The van der Waals surface area contributed by atoms with Gasteiger partial charge in [-0.2, -0.15) is 18.3 Å². The molecule has 7 heteroatoms. The molecule has 104 valence electrons. The molecule has 0 N–H and O–H groups in total. The second-order valence-electron chi connectivity index (χ2n) is 4.25. The van der Waals surface area contributed by atoms with Gasteiger partial charge in [-0.1, -0.05) is 36.5 Å². The van der Waals surface area contributed by atoms with Crippen molar-refractivity contribution < 1.29 is 13.2 Å². The third-order valence-corrected chi connectivity index (χ3v) is 3.96. The molecule has 0 bridgehead atoms. The average molecular weight is 297 g/mol. The Bertz CT molecular complexity index is 726. The topological polar surface area (TPSA) is 30.2 Å². The number of hydrogen-bond donors (Lipinski definition) is 0. The van der Waals surface area contributed by atoms with Crippen molar-refractivity contribution in [2.45, 2.75) is 19.5 Å². The highest BCUT2D eigenvalue weighted by Gasteiger charge is 2.33. The Hall–Kier alpha value is -1.89. The van der Waals surface area contributed by atoms with Crippen LogP contribution in [0.15, 0.2) is 30.5 Å². The molecule has 3 rings (SSSR count). The standard InChI is InChI=1S/C13H10F3N3S/c1-2-11-18-19-7-10(17-12(19)20-11)8-5-3-4-6-9(8)13(14,15)16/h3-7H,2H2,1H3. The number of nitrogens with zero attached hydrogens (tertiary/aromatic N) is 3. The Balaban J connectivity index is 2.13. The predicted octanol–water partition coefficient (Wildman–Crippen LogP) is 4.04. The summed E-state index contributed by atoms with van der Waals surface area (Å²) in [5, 5.41) is 5.17. The highest BCUT2D eigenvalue weighted by molar-refractivity contribution is 7.16. The highest BCUT2D eigenvalue weighted by Crippen LogP contribution is 2.36. The fraction of sp³-hybridized carbons (Fsp3) is 0.231. The molecule has 3 nitrogen and oxygen atoms in total. The third-order valence-electron chi connectivity index (χ3n) is 2.90. The minimum atomic E-state index is -4.39. The molecule has 0 spiro atoms. The molecule has 2 heterocycles. The first-order valence-corrected chi connectivity index (χ1v) is 6.82. The van der Waals surface area contributed by atoms with E-state index in [0.717, 1.165) is 17.5 Å². The molecule has 3 aromatic rings. The first-order chi connectivity index (χ1) is 9.49. The highest BCUT2D eigenvalue weighted by atomic mass is 32.1.